The topological polar surface area (TPSA) is 27.7 Å². The molecule has 58 valence electrons. The van der Waals surface area contributed by atoms with Crippen LogP contribution in [-0.4, -0.2) is 39.1 Å². The summed E-state index contributed by atoms with van der Waals surface area (Å²) in [5.74, 6) is 0.509. The maximum absolute atomic E-state index is 5.38. The first-order valence-corrected chi connectivity index (χ1v) is 3.55. The first-order chi connectivity index (χ1) is 4.88. The van der Waals surface area contributed by atoms with Crippen LogP contribution in [0, 0.1) is 5.92 Å². The highest BCUT2D eigenvalue weighted by molar-refractivity contribution is 5.09. The Morgan fingerprint density at radius 2 is 2.10 bits per heavy atom. The van der Waals surface area contributed by atoms with E-state index in [2.05, 4.69) is 0 Å². The molecule has 4 unspecified atom stereocenters. The second-order valence-corrected chi connectivity index (χ2v) is 2.85. The van der Waals surface area contributed by atoms with Gasteiger partial charge in [0.15, 0.2) is 0 Å². The molecular formula is C7H12O3. The Kier molecular flexibility index (Phi) is 1.44. The number of hydrogen-bond donors (Lipinski definition) is 0. The van der Waals surface area contributed by atoms with Crippen molar-refractivity contribution in [1.82, 2.24) is 0 Å². The smallest absolute Gasteiger partial charge is 0.0922 e. The molecule has 0 aromatic carbocycles. The molecule has 2 aliphatic rings. The number of hydrogen-bond acceptors (Lipinski definition) is 3. The van der Waals surface area contributed by atoms with Gasteiger partial charge in [0.1, 0.15) is 0 Å². The summed E-state index contributed by atoms with van der Waals surface area (Å²) in [7, 11) is 3.44. The van der Waals surface area contributed by atoms with Crippen LogP contribution in [0.4, 0.5) is 0 Å². The Morgan fingerprint density at radius 3 is 2.60 bits per heavy atom. The average molecular weight is 144 g/mol. The van der Waals surface area contributed by atoms with Gasteiger partial charge in [-0.05, 0) is 0 Å². The third kappa shape index (κ3) is 0.713. The van der Waals surface area contributed by atoms with E-state index in [0.717, 1.165) is 6.61 Å². The lowest BCUT2D eigenvalue weighted by molar-refractivity contribution is -0.000572. The highest BCUT2D eigenvalue weighted by Gasteiger charge is 2.61. The maximum atomic E-state index is 5.38. The van der Waals surface area contributed by atoms with E-state index in [1.54, 1.807) is 14.2 Å². The normalized spacial score (nSPS) is 51.0. The van der Waals surface area contributed by atoms with Crippen molar-refractivity contribution in [2.75, 3.05) is 20.8 Å². The minimum atomic E-state index is 0.273. The predicted molar refractivity (Wildman–Crippen MR) is 34.8 cm³/mol. The van der Waals surface area contributed by atoms with Crippen LogP contribution < -0.4 is 0 Å². The summed E-state index contributed by atoms with van der Waals surface area (Å²) in [6.45, 7) is 0.742. The molecule has 0 aromatic rings. The summed E-state index contributed by atoms with van der Waals surface area (Å²) in [5, 5.41) is 0. The molecule has 0 radical (unpaired) electrons. The second kappa shape index (κ2) is 2.19. The molecule has 3 heteroatoms. The molecule has 0 aromatic heterocycles. The Bertz CT molecular complexity index is 133. The Balaban J connectivity index is 1.94. The van der Waals surface area contributed by atoms with Crippen LogP contribution in [0.2, 0.25) is 0 Å². The van der Waals surface area contributed by atoms with Gasteiger partial charge >= 0.3 is 0 Å². The molecule has 1 saturated carbocycles. The van der Waals surface area contributed by atoms with E-state index in [1.807, 2.05) is 0 Å². The fraction of sp³-hybridized carbons (Fsp3) is 1.00. The standard InChI is InChI=1S/C7H12O3/c1-8-4-3-10-7-5(4)6(7)9-2/h4-7H,3H2,1-2H3. The van der Waals surface area contributed by atoms with Gasteiger partial charge < -0.3 is 14.2 Å². The lowest BCUT2D eigenvalue weighted by Gasteiger charge is -2.09. The lowest BCUT2D eigenvalue weighted by atomic mass is 10.2. The van der Waals surface area contributed by atoms with E-state index < -0.39 is 0 Å². The molecular weight excluding hydrogens is 132 g/mol. The van der Waals surface area contributed by atoms with Crippen LogP contribution in [-0.2, 0) is 14.2 Å². The summed E-state index contributed by atoms with van der Waals surface area (Å²) in [6.07, 6.45) is 0.906. The number of rotatable bonds is 2. The molecule has 0 N–H and O–H groups in total. The van der Waals surface area contributed by atoms with Crippen LogP contribution in [0.3, 0.4) is 0 Å². The molecule has 2 fully saturated rings. The van der Waals surface area contributed by atoms with E-state index in [9.17, 15) is 0 Å². The monoisotopic (exact) mass is 144 g/mol. The fourth-order valence-electron chi connectivity index (χ4n) is 1.74. The van der Waals surface area contributed by atoms with Crippen molar-refractivity contribution in [2.45, 2.75) is 18.3 Å². The maximum Gasteiger partial charge on any atom is 0.0922 e. The molecule has 2 rings (SSSR count). The van der Waals surface area contributed by atoms with E-state index in [1.165, 1.54) is 0 Å². The van der Waals surface area contributed by atoms with Crippen molar-refractivity contribution in [2.24, 2.45) is 5.92 Å². The van der Waals surface area contributed by atoms with Gasteiger partial charge in [0.2, 0.25) is 0 Å². The van der Waals surface area contributed by atoms with Gasteiger partial charge in [0.25, 0.3) is 0 Å². The van der Waals surface area contributed by atoms with Crippen molar-refractivity contribution >= 4 is 0 Å². The van der Waals surface area contributed by atoms with Crippen molar-refractivity contribution in [3.63, 3.8) is 0 Å². The zero-order chi connectivity index (χ0) is 7.14. The first kappa shape index (κ1) is 6.58. The van der Waals surface area contributed by atoms with Gasteiger partial charge in [-0.3, -0.25) is 0 Å². The van der Waals surface area contributed by atoms with Crippen LogP contribution in [0.15, 0.2) is 0 Å². The molecule has 4 atom stereocenters. The van der Waals surface area contributed by atoms with Gasteiger partial charge in [-0.15, -0.1) is 0 Å². The van der Waals surface area contributed by atoms with Gasteiger partial charge in [-0.25, -0.2) is 0 Å². The SMILES string of the molecule is COC1COC2C(OC)C12. The zero-order valence-electron chi connectivity index (χ0n) is 6.24. The summed E-state index contributed by atoms with van der Waals surface area (Å²) >= 11 is 0. The molecule has 0 spiro atoms. The number of ether oxygens (including phenoxy) is 3. The van der Waals surface area contributed by atoms with Crippen molar-refractivity contribution in [3.05, 3.63) is 0 Å². The van der Waals surface area contributed by atoms with Crippen LogP contribution in [0.5, 0.6) is 0 Å². The minimum absolute atomic E-state index is 0.273. The van der Waals surface area contributed by atoms with Gasteiger partial charge in [0, 0.05) is 20.1 Å². The van der Waals surface area contributed by atoms with E-state index in [0.29, 0.717) is 18.1 Å². The van der Waals surface area contributed by atoms with Gasteiger partial charge in [-0.1, -0.05) is 0 Å². The van der Waals surface area contributed by atoms with Crippen molar-refractivity contribution in [3.8, 4) is 0 Å². The Morgan fingerprint density at radius 1 is 1.30 bits per heavy atom. The molecule has 0 bridgehead atoms. The molecule has 1 heterocycles. The third-order valence-electron chi connectivity index (χ3n) is 2.40. The largest absolute Gasteiger partial charge is 0.379 e. The molecule has 1 saturated heterocycles. The number of fused-ring (bicyclic) bond motifs is 1. The zero-order valence-corrected chi connectivity index (χ0v) is 6.24. The summed E-state index contributed by atoms with van der Waals surface area (Å²) in [5.41, 5.74) is 0. The Hall–Kier alpha value is -0.120. The van der Waals surface area contributed by atoms with E-state index in [-0.39, 0.29) is 6.10 Å². The Labute approximate surface area is 60.3 Å². The quantitative estimate of drug-likeness (QED) is 0.548. The third-order valence-corrected chi connectivity index (χ3v) is 2.40. The predicted octanol–water partition coefficient (Wildman–Crippen LogP) is 0.0450. The summed E-state index contributed by atoms with van der Waals surface area (Å²) in [4.78, 5) is 0. The molecule has 0 amide bonds. The molecule has 10 heavy (non-hydrogen) atoms. The van der Waals surface area contributed by atoms with Crippen LogP contribution in [0.1, 0.15) is 0 Å². The van der Waals surface area contributed by atoms with E-state index >= 15 is 0 Å². The second-order valence-electron chi connectivity index (χ2n) is 2.85. The van der Waals surface area contributed by atoms with Crippen LogP contribution >= 0.6 is 0 Å². The van der Waals surface area contributed by atoms with Gasteiger partial charge in [-0.2, -0.15) is 0 Å². The lowest BCUT2D eigenvalue weighted by Crippen LogP contribution is -2.19. The summed E-state index contributed by atoms with van der Waals surface area (Å²) < 4.78 is 15.7. The highest BCUT2D eigenvalue weighted by Crippen LogP contribution is 2.45. The molecule has 1 aliphatic carbocycles. The minimum Gasteiger partial charge on any atom is -0.379 e. The molecule has 3 nitrogen and oxygen atoms in total. The average Bonchev–Trinajstić information content (AvgIpc) is 2.51. The van der Waals surface area contributed by atoms with Crippen LogP contribution in [0.25, 0.3) is 0 Å². The highest BCUT2D eigenvalue weighted by atomic mass is 16.6. The van der Waals surface area contributed by atoms with Gasteiger partial charge in [0.05, 0.1) is 24.9 Å². The fourth-order valence-corrected chi connectivity index (χ4v) is 1.74. The van der Waals surface area contributed by atoms with Crippen molar-refractivity contribution < 1.29 is 14.2 Å². The first-order valence-electron chi connectivity index (χ1n) is 3.55. The van der Waals surface area contributed by atoms with E-state index in [4.69, 9.17) is 14.2 Å². The summed E-state index contributed by atoms with van der Waals surface area (Å²) in [6, 6.07) is 0. The van der Waals surface area contributed by atoms with Crippen molar-refractivity contribution in [1.29, 1.82) is 0 Å². The number of methoxy groups -OCH3 is 2. The molecule has 1 aliphatic heterocycles.